The van der Waals surface area contributed by atoms with Gasteiger partial charge in [-0.15, -0.1) is 0 Å². The highest BCUT2D eigenvalue weighted by Gasteiger charge is 2.24. The third-order valence-corrected chi connectivity index (χ3v) is 4.62. The number of hydrogen-bond donors (Lipinski definition) is 1. The van der Waals surface area contributed by atoms with Gasteiger partial charge in [0.1, 0.15) is 12.1 Å². The molecule has 8 heteroatoms. The maximum atomic E-state index is 12.7. The summed E-state index contributed by atoms with van der Waals surface area (Å²) < 4.78 is 0. The van der Waals surface area contributed by atoms with E-state index in [1.807, 2.05) is 36.1 Å². The second-order valence-corrected chi connectivity index (χ2v) is 6.32. The fraction of sp³-hybridized carbons (Fsp3) is 0.316. The molecule has 1 amide bonds. The van der Waals surface area contributed by atoms with Crippen LogP contribution in [0.3, 0.4) is 0 Å². The Morgan fingerprint density at radius 3 is 2.52 bits per heavy atom. The van der Waals surface area contributed by atoms with Crippen molar-refractivity contribution in [2.24, 2.45) is 0 Å². The number of hydrogen-bond acceptors (Lipinski definition) is 7. The second-order valence-electron chi connectivity index (χ2n) is 6.32. The largest absolute Gasteiger partial charge is 0.355 e. The monoisotopic (exact) mass is 363 g/mol. The van der Waals surface area contributed by atoms with Crippen molar-refractivity contribution in [1.82, 2.24) is 24.8 Å². The first-order chi connectivity index (χ1) is 13.3. The molecule has 0 atom stereocenters. The lowest BCUT2D eigenvalue weighted by molar-refractivity contribution is 0.0746. The van der Waals surface area contributed by atoms with Gasteiger partial charge >= 0.3 is 0 Å². The van der Waals surface area contributed by atoms with Crippen LogP contribution in [-0.4, -0.2) is 63.5 Å². The number of para-hydroxylation sites is 1. The third kappa shape index (κ3) is 3.51. The van der Waals surface area contributed by atoms with Crippen molar-refractivity contribution in [2.75, 3.05) is 42.9 Å². The first kappa shape index (κ1) is 17.1. The summed E-state index contributed by atoms with van der Waals surface area (Å²) in [6.45, 7) is 5.43. The summed E-state index contributed by atoms with van der Waals surface area (Å²) in [5.74, 6) is 1.42. The summed E-state index contributed by atoms with van der Waals surface area (Å²) in [5, 5.41) is 4.06. The number of anilines is 2. The van der Waals surface area contributed by atoms with Gasteiger partial charge in [-0.3, -0.25) is 4.79 Å². The lowest BCUT2D eigenvalue weighted by atomic mass is 10.2. The van der Waals surface area contributed by atoms with Gasteiger partial charge in [0.15, 0.2) is 0 Å². The standard InChI is InChI=1S/C19H21N7O/c1-2-20-19-21-11-14(12-22-19)18(27)26-9-7-25(8-10-26)17-15-5-3-4-6-16(15)23-13-24-17/h3-6,11-13H,2,7-10H2,1H3,(H,20,21,22). The topological polar surface area (TPSA) is 87.1 Å². The number of nitrogens with one attached hydrogen (secondary N) is 1. The molecule has 0 radical (unpaired) electrons. The molecule has 0 aliphatic carbocycles. The van der Waals surface area contributed by atoms with E-state index in [2.05, 4.69) is 30.2 Å². The van der Waals surface area contributed by atoms with Crippen LogP contribution in [0.5, 0.6) is 0 Å². The zero-order valence-electron chi connectivity index (χ0n) is 15.2. The second kappa shape index (κ2) is 7.53. The Hall–Kier alpha value is -3.29. The van der Waals surface area contributed by atoms with E-state index in [9.17, 15) is 4.79 Å². The fourth-order valence-electron chi connectivity index (χ4n) is 3.23. The highest BCUT2D eigenvalue weighted by atomic mass is 16.2. The minimum Gasteiger partial charge on any atom is -0.355 e. The molecule has 4 rings (SSSR count). The van der Waals surface area contributed by atoms with Crippen molar-refractivity contribution in [3.8, 4) is 0 Å². The summed E-state index contributed by atoms with van der Waals surface area (Å²) in [4.78, 5) is 33.9. The first-order valence-corrected chi connectivity index (χ1v) is 9.06. The van der Waals surface area contributed by atoms with Crippen LogP contribution in [0.4, 0.5) is 11.8 Å². The van der Waals surface area contributed by atoms with Gasteiger partial charge in [-0.25, -0.2) is 19.9 Å². The molecule has 3 aromatic rings. The van der Waals surface area contributed by atoms with Gasteiger partial charge in [0.2, 0.25) is 5.95 Å². The highest BCUT2D eigenvalue weighted by molar-refractivity contribution is 5.94. The molecular formula is C19H21N7O. The fourth-order valence-corrected chi connectivity index (χ4v) is 3.23. The Bertz CT molecular complexity index is 931. The summed E-state index contributed by atoms with van der Waals surface area (Å²) >= 11 is 0. The Kier molecular flexibility index (Phi) is 4.78. The summed E-state index contributed by atoms with van der Waals surface area (Å²) in [7, 11) is 0. The first-order valence-electron chi connectivity index (χ1n) is 9.06. The number of rotatable bonds is 4. The molecule has 0 bridgehead atoms. The molecule has 0 spiro atoms. The van der Waals surface area contributed by atoms with Gasteiger partial charge < -0.3 is 15.1 Å². The molecule has 2 aromatic heterocycles. The van der Waals surface area contributed by atoms with Gasteiger partial charge in [-0.1, -0.05) is 12.1 Å². The van der Waals surface area contributed by atoms with Crippen LogP contribution in [0, 0.1) is 0 Å². The molecule has 1 aliphatic heterocycles. The quantitative estimate of drug-likeness (QED) is 0.756. The number of aromatic nitrogens is 4. The molecule has 1 fully saturated rings. The van der Waals surface area contributed by atoms with Crippen molar-refractivity contribution in [1.29, 1.82) is 0 Å². The van der Waals surface area contributed by atoms with Crippen LogP contribution < -0.4 is 10.2 Å². The van der Waals surface area contributed by atoms with E-state index < -0.39 is 0 Å². The van der Waals surface area contributed by atoms with Gasteiger partial charge in [-0.2, -0.15) is 0 Å². The predicted molar refractivity (Wildman–Crippen MR) is 104 cm³/mol. The van der Waals surface area contributed by atoms with E-state index >= 15 is 0 Å². The molecule has 8 nitrogen and oxygen atoms in total. The average Bonchev–Trinajstić information content (AvgIpc) is 2.74. The lowest BCUT2D eigenvalue weighted by Crippen LogP contribution is -2.49. The van der Waals surface area contributed by atoms with Gasteiger partial charge in [-0.05, 0) is 19.1 Å². The highest BCUT2D eigenvalue weighted by Crippen LogP contribution is 2.23. The predicted octanol–water partition coefficient (Wildman–Crippen LogP) is 1.81. The molecule has 138 valence electrons. The van der Waals surface area contributed by atoms with E-state index in [1.165, 1.54) is 0 Å². The van der Waals surface area contributed by atoms with Crippen molar-refractivity contribution in [2.45, 2.75) is 6.92 Å². The number of amides is 1. The minimum atomic E-state index is -0.0368. The van der Waals surface area contributed by atoms with Crippen molar-refractivity contribution >= 4 is 28.6 Å². The SMILES string of the molecule is CCNc1ncc(C(=O)N2CCN(c3ncnc4ccccc34)CC2)cn1. The molecule has 3 heterocycles. The number of piperazine rings is 1. The minimum absolute atomic E-state index is 0.0368. The van der Waals surface area contributed by atoms with E-state index in [4.69, 9.17) is 0 Å². The summed E-state index contributed by atoms with van der Waals surface area (Å²) in [6, 6.07) is 7.98. The van der Waals surface area contributed by atoms with E-state index in [0.717, 1.165) is 36.4 Å². The number of carbonyl (C=O) groups excluding carboxylic acids is 1. The zero-order chi connectivity index (χ0) is 18.6. The van der Waals surface area contributed by atoms with E-state index in [0.29, 0.717) is 24.6 Å². The molecule has 27 heavy (non-hydrogen) atoms. The Labute approximate surface area is 157 Å². The number of carbonyl (C=O) groups is 1. The van der Waals surface area contributed by atoms with E-state index in [-0.39, 0.29) is 5.91 Å². The van der Waals surface area contributed by atoms with Crippen molar-refractivity contribution in [3.05, 3.63) is 48.5 Å². The van der Waals surface area contributed by atoms with Crippen LogP contribution >= 0.6 is 0 Å². The molecule has 1 saturated heterocycles. The van der Waals surface area contributed by atoms with Crippen LogP contribution in [0.2, 0.25) is 0 Å². The molecule has 0 unspecified atom stereocenters. The van der Waals surface area contributed by atoms with Crippen molar-refractivity contribution in [3.63, 3.8) is 0 Å². The Morgan fingerprint density at radius 1 is 1.04 bits per heavy atom. The van der Waals surface area contributed by atoms with Gasteiger partial charge in [0.05, 0.1) is 11.1 Å². The Morgan fingerprint density at radius 2 is 1.78 bits per heavy atom. The van der Waals surface area contributed by atoms with Crippen molar-refractivity contribution < 1.29 is 4.79 Å². The maximum absolute atomic E-state index is 12.7. The molecule has 0 saturated carbocycles. The number of nitrogens with zero attached hydrogens (tertiary/aromatic N) is 6. The molecule has 1 aliphatic rings. The lowest BCUT2D eigenvalue weighted by Gasteiger charge is -2.35. The van der Waals surface area contributed by atoms with Crippen LogP contribution in [0.15, 0.2) is 43.0 Å². The van der Waals surface area contributed by atoms with Crippen LogP contribution in [-0.2, 0) is 0 Å². The average molecular weight is 363 g/mol. The Balaban J connectivity index is 1.44. The zero-order valence-corrected chi connectivity index (χ0v) is 15.2. The van der Waals surface area contributed by atoms with Crippen LogP contribution in [0.1, 0.15) is 17.3 Å². The van der Waals surface area contributed by atoms with Gasteiger partial charge in [0.25, 0.3) is 5.91 Å². The van der Waals surface area contributed by atoms with Gasteiger partial charge in [0, 0.05) is 50.5 Å². The summed E-state index contributed by atoms with van der Waals surface area (Å²) in [5.41, 5.74) is 1.44. The summed E-state index contributed by atoms with van der Waals surface area (Å²) in [6.07, 6.45) is 4.76. The number of benzene rings is 1. The maximum Gasteiger partial charge on any atom is 0.257 e. The smallest absolute Gasteiger partial charge is 0.257 e. The van der Waals surface area contributed by atoms with E-state index in [1.54, 1.807) is 18.7 Å². The van der Waals surface area contributed by atoms with Crippen LogP contribution in [0.25, 0.3) is 10.9 Å². The molecule has 1 aromatic carbocycles. The molecular weight excluding hydrogens is 342 g/mol. The number of fused-ring (bicyclic) bond motifs is 1. The third-order valence-electron chi connectivity index (χ3n) is 4.62. The molecule has 1 N–H and O–H groups in total. The normalized spacial score (nSPS) is 14.4.